The fourth-order valence-electron chi connectivity index (χ4n) is 1.44. The standard InChI is InChI=1S/C6H13BO7/c8-1-2-4(9)5(10)3(7(12)13)6(11)14-2/h2-6,8-13H,1H2/t2?,3?,4-,5?,6+/m1/s1. The van der Waals surface area contributed by atoms with Crippen LogP contribution < -0.4 is 0 Å². The highest BCUT2D eigenvalue weighted by Gasteiger charge is 2.48. The lowest BCUT2D eigenvalue weighted by atomic mass is 9.66. The van der Waals surface area contributed by atoms with E-state index < -0.39 is 44.1 Å². The van der Waals surface area contributed by atoms with E-state index in [9.17, 15) is 15.3 Å². The molecule has 0 saturated carbocycles. The van der Waals surface area contributed by atoms with E-state index in [-0.39, 0.29) is 0 Å². The molecule has 14 heavy (non-hydrogen) atoms. The molecule has 82 valence electrons. The number of ether oxygens (including phenoxy) is 1. The molecule has 8 heteroatoms. The minimum absolute atomic E-state index is 0.580. The fourth-order valence-corrected chi connectivity index (χ4v) is 1.44. The highest BCUT2D eigenvalue weighted by atomic mass is 16.6. The molecule has 6 N–H and O–H groups in total. The zero-order valence-electron chi connectivity index (χ0n) is 7.26. The highest BCUT2D eigenvalue weighted by molar-refractivity contribution is 6.43. The average Bonchev–Trinajstić information content (AvgIpc) is 2.10. The van der Waals surface area contributed by atoms with E-state index in [0.717, 1.165) is 0 Å². The van der Waals surface area contributed by atoms with Crippen molar-refractivity contribution < 1.29 is 35.2 Å². The lowest BCUT2D eigenvalue weighted by Crippen LogP contribution is -2.56. The molecule has 1 aliphatic heterocycles. The predicted octanol–water partition coefficient (Wildman–Crippen LogP) is -3.74. The molecule has 0 radical (unpaired) electrons. The first-order chi connectivity index (χ1) is 6.49. The molecule has 0 aliphatic carbocycles. The first-order valence-electron chi connectivity index (χ1n) is 4.15. The maximum absolute atomic E-state index is 9.36. The van der Waals surface area contributed by atoms with Gasteiger partial charge < -0.3 is 35.2 Å². The maximum Gasteiger partial charge on any atom is 0.462 e. The zero-order chi connectivity index (χ0) is 10.9. The zero-order valence-corrected chi connectivity index (χ0v) is 7.26. The summed E-state index contributed by atoms with van der Waals surface area (Å²) in [6.45, 7) is -0.580. The van der Waals surface area contributed by atoms with Gasteiger partial charge >= 0.3 is 7.12 Å². The minimum atomic E-state index is -2.01. The molecule has 5 atom stereocenters. The van der Waals surface area contributed by atoms with Gasteiger partial charge in [-0.15, -0.1) is 0 Å². The normalized spacial score (nSPS) is 43.7. The van der Waals surface area contributed by atoms with Crippen LogP contribution in [0.3, 0.4) is 0 Å². The molecule has 1 fully saturated rings. The van der Waals surface area contributed by atoms with E-state index in [2.05, 4.69) is 4.74 Å². The predicted molar refractivity (Wildman–Crippen MR) is 43.9 cm³/mol. The van der Waals surface area contributed by atoms with Gasteiger partial charge in [0.1, 0.15) is 12.2 Å². The SMILES string of the molecule is OCC1O[C@H](O)C(B(O)O)C(O)[C@@H]1O. The van der Waals surface area contributed by atoms with Crippen LogP contribution >= 0.6 is 0 Å². The van der Waals surface area contributed by atoms with E-state index in [0.29, 0.717) is 0 Å². The van der Waals surface area contributed by atoms with Crippen molar-refractivity contribution in [2.24, 2.45) is 0 Å². The van der Waals surface area contributed by atoms with Gasteiger partial charge in [-0.3, -0.25) is 0 Å². The lowest BCUT2D eigenvalue weighted by molar-refractivity contribution is -0.242. The van der Waals surface area contributed by atoms with Gasteiger partial charge in [-0.25, -0.2) is 0 Å². The van der Waals surface area contributed by atoms with Gasteiger partial charge in [0, 0.05) is 0 Å². The maximum atomic E-state index is 9.36. The lowest BCUT2D eigenvalue weighted by Gasteiger charge is -2.39. The second-order valence-electron chi connectivity index (χ2n) is 3.22. The van der Waals surface area contributed by atoms with Gasteiger partial charge in [-0.05, 0) is 0 Å². The van der Waals surface area contributed by atoms with Crippen molar-refractivity contribution in [2.45, 2.75) is 30.4 Å². The number of aliphatic hydroxyl groups is 4. The van der Waals surface area contributed by atoms with Crippen LogP contribution in [0.15, 0.2) is 0 Å². The van der Waals surface area contributed by atoms with Crippen molar-refractivity contribution >= 4 is 7.12 Å². The molecule has 0 spiro atoms. The average molecular weight is 208 g/mol. The molecule has 1 saturated heterocycles. The molecule has 1 rings (SSSR count). The Kier molecular flexibility index (Phi) is 3.84. The third-order valence-corrected chi connectivity index (χ3v) is 2.29. The summed E-state index contributed by atoms with van der Waals surface area (Å²) in [5.41, 5.74) is 0. The molecule has 0 amide bonds. The monoisotopic (exact) mass is 208 g/mol. The summed E-state index contributed by atoms with van der Waals surface area (Å²) in [4.78, 5) is 0. The van der Waals surface area contributed by atoms with E-state index >= 15 is 0 Å². The van der Waals surface area contributed by atoms with Crippen LogP contribution in [0.5, 0.6) is 0 Å². The van der Waals surface area contributed by atoms with Crippen molar-refractivity contribution in [1.82, 2.24) is 0 Å². The largest absolute Gasteiger partial charge is 0.462 e. The second kappa shape index (κ2) is 4.54. The van der Waals surface area contributed by atoms with Crippen molar-refractivity contribution in [3.8, 4) is 0 Å². The Labute approximate surface area is 80.3 Å². The Morgan fingerprint density at radius 1 is 1.07 bits per heavy atom. The third kappa shape index (κ3) is 2.06. The van der Waals surface area contributed by atoms with E-state index in [1.165, 1.54) is 0 Å². The molecule has 1 aliphatic rings. The van der Waals surface area contributed by atoms with Crippen LogP contribution in [-0.4, -0.2) is 68.8 Å². The summed E-state index contributed by atoms with van der Waals surface area (Å²) < 4.78 is 4.67. The molecule has 7 nitrogen and oxygen atoms in total. The smallest absolute Gasteiger partial charge is 0.427 e. The molecule has 0 aromatic carbocycles. The van der Waals surface area contributed by atoms with Crippen LogP contribution in [0.2, 0.25) is 5.82 Å². The van der Waals surface area contributed by atoms with Gasteiger partial charge in [0.2, 0.25) is 0 Å². The summed E-state index contributed by atoms with van der Waals surface area (Å²) in [7, 11) is -2.01. The third-order valence-electron chi connectivity index (χ3n) is 2.29. The number of aliphatic hydroxyl groups excluding tert-OH is 4. The molecular formula is C6H13BO7. The van der Waals surface area contributed by atoms with Crippen molar-refractivity contribution in [1.29, 1.82) is 0 Å². The van der Waals surface area contributed by atoms with E-state index in [4.69, 9.17) is 15.2 Å². The van der Waals surface area contributed by atoms with Crippen molar-refractivity contribution in [2.75, 3.05) is 6.61 Å². The van der Waals surface area contributed by atoms with E-state index in [1.807, 2.05) is 0 Å². The fraction of sp³-hybridized carbons (Fsp3) is 1.00. The molecule has 0 bridgehead atoms. The van der Waals surface area contributed by atoms with Crippen LogP contribution in [0.25, 0.3) is 0 Å². The molecular weight excluding hydrogens is 195 g/mol. The van der Waals surface area contributed by atoms with Gasteiger partial charge in [0.25, 0.3) is 0 Å². The van der Waals surface area contributed by atoms with Gasteiger partial charge in [0.05, 0.1) is 18.5 Å². The van der Waals surface area contributed by atoms with E-state index in [1.54, 1.807) is 0 Å². The van der Waals surface area contributed by atoms with Crippen molar-refractivity contribution in [3.63, 3.8) is 0 Å². The second-order valence-corrected chi connectivity index (χ2v) is 3.22. The Hall–Kier alpha value is -0.215. The summed E-state index contributed by atoms with van der Waals surface area (Å²) in [5.74, 6) is -1.41. The first kappa shape index (κ1) is 11.9. The van der Waals surface area contributed by atoms with Crippen LogP contribution in [0.4, 0.5) is 0 Å². The Morgan fingerprint density at radius 3 is 2.07 bits per heavy atom. The highest BCUT2D eigenvalue weighted by Crippen LogP contribution is 2.30. The topological polar surface area (TPSA) is 131 Å². The quantitative estimate of drug-likeness (QED) is 0.257. The van der Waals surface area contributed by atoms with Crippen LogP contribution in [0, 0.1) is 0 Å². The Morgan fingerprint density at radius 2 is 1.64 bits per heavy atom. The molecule has 1 heterocycles. The summed E-state index contributed by atoms with van der Waals surface area (Å²) >= 11 is 0. The minimum Gasteiger partial charge on any atom is -0.427 e. The van der Waals surface area contributed by atoms with Gasteiger partial charge in [-0.2, -0.15) is 0 Å². The van der Waals surface area contributed by atoms with Gasteiger partial charge in [0.15, 0.2) is 6.29 Å². The molecule has 3 unspecified atom stereocenters. The summed E-state index contributed by atoms with van der Waals surface area (Å²) in [5, 5.41) is 54.1. The van der Waals surface area contributed by atoms with Gasteiger partial charge in [-0.1, -0.05) is 0 Å². The van der Waals surface area contributed by atoms with Crippen LogP contribution in [-0.2, 0) is 4.74 Å². The Balaban J connectivity index is 2.74. The molecule has 0 aromatic heterocycles. The first-order valence-corrected chi connectivity index (χ1v) is 4.15. The summed E-state index contributed by atoms with van der Waals surface area (Å²) in [6, 6.07) is 0. The molecule has 0 aromatic rings. The van der Waals surface area contributed by atoms with Crippen LogP contribution in [0.1, 0.15) is 0 Å². The van der Waals surface area contributed by atoms with Crippen molar-refractivity contribution in [3.05, 3.63) is 0 Å². The Bertz CT molecular complexity index is 189. The number of rotatable bonds is 2. The summed E-state index contributed by atoms with van der Waals surface area (Å²) in [6.07, 6.45) is -5.79. The number of hydrogen-bond acceptors (Lipinski definition) is 7. The number of hydrogen-bond donors (Lipinski definition) is 6.